The summed E-state index contributed by atoms with van der Waals surface area (Å²) < 4.78 is 10.4. The maximum absolute atomic E-state index is 12.3. The van der Waals surface area contributed by atoms with Gasteiger partial charge in [0.2, 0.25) is 0 Å². The van der Waals surface area contributed by atoms with Gasteiger partial charge in [-0.3, -0.25) is 4.79 Å². The summed E-state index contributed by atoms with van der Waals surface area (Å²) in [5.74, 6) is 1.13. The molecule has 0 bridgehead atoms. The monoisotopic (exact) mass is 334 g/mol. The highest BCUT2D eigenvalue weighted by atomic mass is 16.5. The van der Waals surface area contributed by atoms with E-state index in [2.05, 4.69) is 17.1 Å². The van der Waals surface area contributed by atoms with Crippen LogP contribution in [0.5, 0.6) is 11.5 Å². The van der Waals surface area contributed by atoms with Gasteiger partial charge in [-0.1, -0.05) is 13.3 Å². The molecular formula is C19H30N2O3. The summed E-state index contributed by atoms with van der Waals surface area (Å²) in [5, 5.41) is 3.00. The number of ether oxygens (including phenoxy) is 2. The molecule has 1 heterocycles. The van der Waals surface area contributed by atoms with Crippen molar-refractivity contribution < 1.29 is 14.3 Å². The van der Waals surface area contributed by atoms with Gasteiger partial charge in [0.25, 0.3) is 5.91 Å². The van der Waals surface area contributed by atoms with Gasteiger partial charge in [-0.05, 0) is 50.4 Å². The molecule has 5 nitrogen and oxygen atoms in total. The molecule has 1 saturated heterocycles. The molecule has 1 atom stereocenters. The fourth-order valence-electron chi connectivity index (χ4n) is 3.38. The van der Waals surface area contributed by atoms with Gasteiger partial charge < -0.3 is 19.7 Å². The molecule has 1 amide bonds. The van der Waals surface area contributed by atoms with Crippen LogP contribution in [0.3, 0.4) is 0 Å². The number of nitrogens with one attached hydrogen (secondary N) is 1. The molecule has 0 spiro atoms. The van der Waals surface area contributed by atoms with Crippen LogP contribution in [-0.4, -0.2) is 50.7 Å². The van der Waals surface area contributed by atoms with Crippen molar-refractivity contribution in [2.75, 3.05) is 33.9 Å². The van der Waals surface area contributed by atoms with E-state index in [1.165, 1.54) is 32.2 Å². The predicted octanol–water partition coefficient (Wildman–Crippen LogP) is 3.09. The summed E-state index contributed by atoms with van der Waals surface area (Å²) in [4.78, 5) is 14.8. The second kappa shape index (κ2) is 9.52. The Hall–Kier alpha value is -1.75. The summed E-state index contributed by atoms with van der Waals surface area (Å²) in [5.41, 5.74) is 0.594. The minimum Gasteiger partial charge on any atom is -0.493 e. The number of nitrogens with zero attached hydrogens (tertiary/aromatic N) is 1. The van der Waals surface area contributed by atoms with E-state index in [1.807, 2.05) is 0 Å². The molecule has 1 N–H and O–H groups in total. The Bertz CT molecular complexity index is 533. The highest BCUT2D eigenvalue weighted by molar-refractivity contribution is 5.94. The molecule has 24 heavy (non-hydrogen) atoms. The Morgan fingerprint density at radius 2 is 2.04 bits per heavy atom. The van der Waals surface area contributed by atoms with Crippen LogP contribution in [0.1, 0.15) is 49.4 Å². The number of rotatable bonds is 8. The van der Waals surface area contributed by atoms with Crippen molar-refractivity contribution in [3.63, 3.8) is 0 Å². The smallest absolute Gasteiger partial charge is 0.251 e. The molecule has 0 aliphatic carbocycles. The molecule has 2 rings (SSSR count). The first-order chi connectivity index (χ1) is 11.7. The average Bonchev–Trinajstić information content (AvgIpc) is 2.64. The molecule has 1 unspecified atom stereocenters. The molecule has 1 aromatic carbocycles. The van der Waals surface area contributed by atoms with Gasteiger partial charge in [0.05, 0.1) is 14.2 Å². The summed E-state index contributed by atoms with van der Waals surface area (Å²) in [6.45, 7) is 5.22. The van der Waals surface area contributed by atoms with Crippen molar-refractivity contribution in [2.45, 2.75) is 45.1 Å². The highest BCUT2D eigenvalue weighted by Gasteiger charge is 2.20. The van der Waals surface area contributed by atoms with Crippen LogP contribution < -0.4 is 14.8 Å². The van der Waals surface area contributed by atoms with Crippen molar-refractivity contribution >= 4 is 5.91 Å². The summed E-state index contributed by atoms with van der Waals surface area (Å²) >= 11 is 0. The lowest BCUT2D eigenvalue weighted by Crippen LogP contribution is -2.40. The first-order valence-electron chi connectivity index (χ1n) is 8.93. The fraction of sp³-hybridized carbons (Fsp3) is 0.632. The second-order valence-electron chi connectivity index (χ2n) is 6.27. The van der Waals surface area contributed by atoms with Gasteiger partial charge >= 0.3 is 0 Å². The molecular weight excluding hydrogens is 304 g/mol. The average molecular weight is 334 g/mol. The van der Waals surface area contributed by atoms with E-state index in [1.54, 1.807) is 32.4 Å². The first-order valence-corrected chi connectivity index (χ1v) is 8.93. The number of carbonyl (C=O) groups is 1. The molecule has 1 aromatic rings. The normalized spacial score (nSPS) is 18.2. The zero-order valence-corrected chi connectivity index (χ0v) is 15.1. The van der Waals surface area contributed by atoms with Crippen LogP contribution in [0.25, 0.3) is 0 Å². The Morgan fingerprint density at radius 3 is 2.75 bits per heavy atom. The van der Waals surface area contributed by atoms with Crippen LogP contribution in [0.2, 0.25) is 0 Å². The zero-order chi connectivity index (χ0) is 17.4. The number of hydrogen-bond donors (Lipinski definition) is 1. The molecule has 5 heteroatoms. The number of methoxy groups -OCH3 is 2. The van der Waals surface area contributed by atoms with E-state index >= 15 is 0 Å². The van der Waals surface area contributed by atoms with Crippen molar-refractivity contribution in [1.82, 2.24) is 10.2 Å². The lowest BCUT2D eigenvalue weighted by Gasteiger charge is -2.35. The third-order valence-electron chi connectivity index (χ3n) is 4.77. The van der Waals surface area contributed by atoms with Crippen molar-refractivity contribution in [2.24, 2.45) is 0 Å². The van der Waals surface area contributed by atoms with E-state index in [0.29, 0.717) is 23.6 Å². The van der Waals surface area contributed by atoms with Gasteiger partial charge in [0.1, 0.15) is 0 Å². The minimum atomic E-state index is -0.0679. The van der Waals surface area contributed by atoms with Gasteiger partial charge in [-0.25, -0.2) is 0 Å². The topological polar surface area (TPSA) is 50.8 Å². The lowest BCUT2D eigenvalue weighted by molar-refractivity contribution is 0.0947. The van der Waals surface area contributed by atoms with Crippen LogP contribution >= 0.6 is 0 Å². The van der Waals surface area contributed by atoms with E-state index < -0.39 is 0 Å². The number of carbonyl (C=O) groups excluding carboxylic acids is 1. The third-order valence-corrected chi connectivity index (χ3v) is 4.77. The highest BCUT2D eigenvalue weighted by Crippen LogP contribution is 2.27. The van der Waals surface area contributed by atoms with Gasteiger partial charge in [0, 0.05) is 24.7 Å². The van der Waals surface area contributed by atoms with E-state index in [0.717, 1.165) is 19.0 Å². The third kappa shape index (κ3) is 4.87. The number of hydrogen-bond acceptors (Lipinski definition) is 4. The molecule has 1 aliphatic heterocycles. The van der Waals surface area contributed by atoms with Crippen LogP contribution in [-0.2, 0) is 0 Å². The number of amides is 1. The molecule has 1 fully saturated rings. The summed E-state index contributed by atoms with van der Waals surface area (Å²) in [6, 6.07) is 5.95. The van der Waals surface area contributed by atoms with Crippen molar-refractivity contribution in [3.8, 4) is 11.5 Å². The second-order valence-corrected chi connectivity index (χ2v) is 6.27. The first kappa shape index (κ1) is 18.6. The standard InChI is InChI=1S/C19H30N2O3/c1-4-16-8-5-6-12-21(16)13-7-11-20-19(22)15-9-10-17(23-2)18(14-15)24-3/h9-10,14,16H,4-8,11-13H2,1-3H3,(H,20,22). The summed E-state index contributed by atoms with van der Waals surface area (Å²) in [7, 11) is 3.16. The van der Waals surface area contributed by atoms with Gasteiger partial charge in [0.15, 0.2) is 11.5 Å². The Labute approximate surface area is 145 Å². The van der Waals surface area contributed by atoms with Gasteiger partial charge in [-0.15, -0.1) is 0 Å². The quantitative estimate of drug-likeness (QED) is 0.742. The van der Waals surface area contributed by atoms with Crippen molar-refractivity contribution in [3.05, 3.63) is 23.8 Å². The Morgan fingerprint density at radius 1 is 1.25 bits per heavy atom. The fourth-order valence-corrected chi connectivity index (χ4v) is 3.38. The lowest BCUT2D eigenvalue weighted by atomic mass is 10.00. The molecule has 1 aliphatic rings. The molecule has 0 aromatic heterocycles. The minimum absolute atomic E-state index is 0.0679. The summed E-state index contributed by atoms with van der Waals surface area (Å²) in [6.07, 6.45) is 6.17. The zero-order valence-electron chi connectivity index (χ0n) is 15.1. The van der Waals surface area contributed by atoms with Gasteiger partial charge in [-0.2, -0.15) is 0 Å². The van der Waals surface area contributed by atoms with Crippen LogP contribution in [0, 0.1) is 0 Å². The molecule has 0 radical (unpaired) electrons. The Balaban J connectivity index is 1.78. The Kier molecular flexibility index (Phi) is 7.37. The van der Waals surface area contributed by atoms with Crippen molar-refractivity contribution in [1.29, 1.82) is 0 Å². The maximum Gasteiger partial charge on any atom is 0.251 e. The van der Waals surface area contributed by atoms with Crippen LogP contribution in [0.15, 0.2) is 18.2 Å². The number of piperidine rings is 1. The number of likely N-dealkylation sites (tertiary alicyclic amines) is 1. The van der Waals surface area contributed by atoms with E-state index in [-0.39, 0.29) is 5.91 Å². The SMILES string of the molecule is CCC1CCCCN1CCCNC(=O)c1ccc(OC)c(OC)c1. The number of benzene rings is 1. The van der Waals surface area contributed by atoms with E-state index in [9.17, 15) is 4.79 Å². The maximum atomic E-state index is 12.3. The predicted molar refractivity (Wildman–Crippen MR) is 96.0 cm³/mol. The van der Waals surface area contributed by atoms with E-state index in [4.69, 9.17) is 9.47 Å². The molecule has 134 valence electrons. The largest absolute Gasteiger partial charge is 0.493 e. The molecule has 0 saturated carbocycles. The van der Waals surface area contributed by atoms with Crippen LogP contribution in [0.4, 0.5) is 0 Å².